The summed E-state index contributed by atoms with van der Waals surface area (Å²) in [5.74, 6) is 0.486. The molecule has 8 atom stereocenters. The minimum absolute atomic E-state index is 0.0195. The van der Waals surface area contributed by atoms with Gasteiger partial charge in [-0.1, -0.05) is 20.8 Å². The average Bonchev–Trinajstić information content (AvgIpc) is 3.24. The van der Waals surface area contributed by atoms with E-state index in [1.807, 2.05) is 0 Å². The third-order valence-electron chi connectivity index (χ3n) is 9.17. The molecule has 0 bridgehead atoms. The predicted molar refractivity (Wildman–Crippen MR) is 102 cm³/mol. The first-order chi connectivity index (χ1) is 12.8. The lowest BCUT2D eigenvalue weighted by molar-refractivity contribution is -0.251. The van der Waals surface area contributed by atoms with E-state index in [-0.39, 0.29) is 41.3 Å². The zero-order chi connectivity index (χ0) is 19.4. The summed E-state index contributed by atoms with van der Waals surface area (Å²) in [6, 6.07) is 0. The monoisotopic (exact) mass is 382 g/mol. The summed E-state index contributed by atoms with van der Waals surface area (Å²) in [5.41, 5.74) is -0.327. The normalized spacial score (nSPS) is 50.7. The third kappa shape index (κ3) is 2.83. The molecule has 0 aromatic heterocycles. The first kappa shape index (κ1) is 20.1. The van der Waals surface area contributed by atoms with E-state index in [0.717, 1.165) is 44.9 Å². The van der Waals surface area contributed by atoms with Gasteiger partial charge >= 0.3 is 0 Å². The van der Waals surface area contributed by atoms with Crippen LogP contribution in [0.1, 0.15) is 65.7 Å². The fourth-order valence-electron chi connectivity index (χ4n) is 7.43. The first-order valence-electron chi connectivity index (χ1n) is 11.0. The highest BCUT2D eigenvalue weighted by Gasteiger charge is 2.67. The maximum atomic E-state index is 11.0. The van der Waals surface area contributed by atoms with Crippen molar-refractivity contribution in [1.82, 2.24) is 0 Å². The quantitative estimate of drug-likeness (QED) is 0.699. The topological polar surface area (TPSA) is 79.2 Å². The maximum absolute atomic E-state index is 11.0. The van der Waals surface area contributed by atoms with Crippen LogP contribution in [0.4, 0.5) is 0 Å². The van der Waals surface area contributed by atoms with Crippen LogP contribution in [0.5, 0.6) is 0 Å². The zero-order valence-corrected chi connectivity index (χ0v) is 17.2. The van der Waals surface area contributed by atoms with Gasteiger partial charge in [-0.05, 0) is 67.6 Å². The summed E-state index contributed by atoms with van der Waals surface area (Å²) in [6.45, 7) is 7.79. The lowest BCUT2D eigenvalue weighted by Gasteiger charge is -2.58. The molecule has 0 aromatic carbocycles. The number of aliphatic hydroxyl groups excluding tert-OH is 3. The minimum atomic E-state index is -0.750. The second kappa shape index (κ2) is 6.94. The molecule has 0 amide bonds. The fourth-order valence-corrected chi connectivity index (χ4v) is 7.43. The van der Waals surface area contributed by atoms with Crippen molar-refractivity contribution in [1.29, 1.82) is 0 Å². The van der Waals surface area contributed by atoms with Crippen molar-refractivity contribution in [3.8, 4) is 0 Å². The van der Waals surface area contributed by atoms with Gasteiger partial charge in [-0.15, -0.1) is 0 Å². The van der Waals surface area contributed by atoms with Gasteiger partial charge in [0.2, 0.25) is 0 Å². The molecule has 0 radical (unpaired) electrons. The van der Waals surface area contributed by atoms with E-state index in [2.05, 4.69) is 20.8 Å². The molecule has 0 aromatic rings. The Labute approximate surface area is 163 Å². The molecule has 156 valence electrons. The lowest BCUT2D eigenvalue weighted by atomic mass is 9.49. The van der Waals surface area contributed by atoms with Crippen LogP contribution in [0.25, 0.3) is 0 Å². The van der Waals surface area contributed by atoms with Crippen molar-refractivity contribution < 1.29 is 24.8 Å². The van der Waals surface area contributed by atoms with Crippen molar-refractivity contribution >= 4 is 0 Å². The van der Waals surface area contributed by atoms with Gasteiger partial charge in [-0.3, -0.25) is 0 Å². The Kier molecular flexibility index (Phi) is 5.17. The smallest absolute Gasteiger partial charge is 0.174 e. The largest absolute Gasteiger partial charge is 0.394 e. The number of ether oxygens (including phenoxy) is 2. The van der Waals surface area contributed by atoms with Crippen LogP contribution in [0, 0.1) is 34.5 Å². The highest BCUT2D eigenvalue weighted by Crippen LogP contribution is 2.66. The molecule has 27 heavy (non-hydrogen) atoms. The van der Waals surface area contributed by atoms with Gasteiger partial charge in [-0.25, -0.2) is 0 Å². The summed E-state index contributed by atoms with van der Waals surface area (Å²) in [5, 5.41) is 31.8. The van der Waals surface area contributed by atoms with Crippen LogP contribution in [-0.2, 0) is 9.47 Å². The molecule has 1 aliphatic heterocycles. The molecule has 5 nitrogen and oxygen atoms in total. The van der Waals surface area contributed by atoms with Gasteiger partial charge in [0.25, 0.3) is 0 Å². The van der Waals surface area contributed by atoms with Crippen LogP contribution < -0.4 is 0 Å². The minimum Gasteiger partial charge on any atom is -0.394 e. The number of hydrogen-bond donors (Lipinski definition) is 3. The van der Waals surface area contributed by atoms with Gasteiger partial charge in [0, 0.05) is 11.8 Å². The summed E-state index contributed by atoms with van der Waals surface area (Å²) in [6.07, 6.45) is 5.65. The van der Waals surface area contributed by atoms with Crippen LogP contribution in [0.15, 0.2) is 0 Å². The van der Waals surface area contributed by atoms with Crippen molar-refractivity contribution in [2.24, 2.45) is 34.5 Å². The molecular formula is C22H38O5. The number of aliphatic hydroxyl groups is 3. The Hall–Kier alpha value is -0.200. The summed E-state index contributed by atoms with van der Waals surface area (Å²) in [4.78, 5) is 0. The van der Waals surface area contributed by atoms with Gasteiger partial charge in [0.1, 0.15) is 0 Å². The van der Waals surface area contributed by atoms with E-state index in [1.165, 1.54) is 0 Å². The average molecular weight is 383 g/mol. The second-order valence-corrected chi connectivity index (χ2v) is 10.4. The Morgan fingerprint density at radius 2 is 1.67 bits per heavy atom. The first-order valence-corrected chi connectivity index (χ1v) is 11.0. The van der Waals surface area contributed by atoms with E-state index in [1.54, 1.807) is 0 Å². The summed E-state index contributed by atoms with van der Waals surface area (Å²) < 4.78 is 12.3. The molecule has 1 heterocycles. The van der Waals surface area contributed by atoms with E-state index >= 15 is 0 Å². The number of fused-ring (bicyclic) bond motifs is 2. The van der Waals surface area contributed by atoms with Crippen LogP contribution in [0.3, 0.4) is 0 Å². The molecule has 4 aliphatic rings. The molecule has 3 N–H and O–H groups in total. The third-order valence-corrected chi connectivity index (χ3v) is 9.17. The van der Waals surface area contributed by atoms with E-state index < -0.39 is 11.9 Å². The molecule has 4 unspecified atom stereocenters. The molecule has 1 saturated heterocycles. The number of hydrogen-bond acceptors (Lipinski definition) is 5. The highest BCUT2D eigenvalue weighted by molar-refractivity contribution is 5.12. The van der Waals surface area contributed by atoms with Gasteiger partial charge in [0.05, 0.1) is 32.0 Å². The Balaban J connectivity index is 1.67. The van der Waals surface area contributed by atoms with Crippen molar-refractivity contribution in [2.45, 2.75) is 83.7 Å². The molecular weight excluding hydrogens is 344 g/mol. The van der Waals surface area contributed by atoms with Crippen molar-refractivity contribution in [3.05, 3.63) is 0 Å². The summed E-state index contributed by atoms with van der Waals surface area (Å²) in [7, 11) is 0. The number of rotatable bonds is 3. The predicted octanol–water partition coefficient (Wildman–Crippen LogP) is 2.71. The fraction of sp³-hybridized carbons (Fsp3) is 1.00. The van der Waals surface area contributed by atoms with Gasteiger partial charge < -0.3 is 24.8 Å². The van der Waals surface area contributed by atoms with Gasteiger partial charge in [0.15, 0.2) is 5.79 Å². The molecule has 5 heteroatoms. The van der Waals surface area contributed by atoms with Crippen LogP contribution >= 0.6 is 0 Å². The molecule has 4 fully saturated rings. The van der Waals surface area contributed by atoms with E-state index in [9.17, 15) is 15.3 Å². The lowest BCUT2D eigenvalue weighted by Crippen LogP contribution is -2.58. The SMILES string of the molecule is C[C@H]1CC[C@](C)(C2CC[C@@]3(C)C(CCC34OCCO4)C2C(O)CO)[C@@H](O)C1. The molecule has 1 spiro atoms. The van der Waals surface area contributed by atoms with Crippen LogP contribution in [-0.4, -0.2) is 53.1 Å². The Bertz CT molecular complexity index is 547. The van der Waals surface area contributed by atoms with Gasteiger partial charge in [-0.2, -0.15) is 0 Å². The molecule has 4 rings (SSSR count). The highest BCUT2D eigenvalue weighted by atomic mass is 16.7. The maximum Gasteiger partial charge on any atom is 0.174 e. The van der Waals surface area contributed by atoms with Crippen molar-refractivity contribution in [3.63, 3.8) is 0 Å². The second-order valence-electron chi connectivity index (χ2n) is 10.4. The molecule has 3 aliphatic carbocycles. The van der Waals surface area contributed by atoms with E-state index in [0.29, 0.717) is 19.1 Å². The Morgan fingerprint density at radius 1 is 1.00 bits per heavy atom. The Morgan fingerprint density at radius 3 is 2.30 bits per heavy atom. The van der Waals surface area contributed by atoms with Crippen molar-refractivity contribution in [2.75, 3.05) is 19.8 Å². The summed E-state index contributed by atoms with van der Waals surface area (Å²) >= 11 is 0. The van der Waals surface area contributed by atoms with E-state index in [4.69, 9.17) is 9.47 Å². The standard InChI is InChI=1S/C22H38O5/c1-14-4-7-20(2,18(25)12-14)15-5-8-21(3)16(19(15)17(24)13-23)6-9-22(21)26-10-11-27-22/h14-19,23-25H,4-13H2,1-3H3/t14-,15?,16?,17?,18-,19?,20+,21-/m0/s1. The zero-order valence-electron chi connectivity index (χ0n) is 17.2. The van der Waals surface area contributed by atoms with Crippen LogP contribution in [0.2, 0.25) is 0 Å². The molecule has 3 saturated carbocycles.